The van der Waals surface area contributed by atoms with Gasteiger partial charge in [0.25, 0.3) is 5.69 Å². The minimum atomic E-state index is -0.588. The lowest BCUT2D eigenvalue weighted by atomic mass is 10.1. The van der Waals surface area contributed by atoms with Gasteiger partial charge >= 0.3 is 0 Å². The Bertz CT molecular complexity index is 955. The molecule has 1 heterocycles. The summed E-state index contributed by atoms with van der Waals surface area (Å²) >= 11 is 7.13. The minimum absolute atomic E-state index is 0.0143. The average Bonchev–Trinajstić information content (AvgIpc) is 2.69. The van der Waals surface area contributed by atoms with E-state index in [1.165, 1.54) is 30.0 Å². The zero-order valence-electron chi connectivity index (χ0n) is 13.9. The molecule has 136 valence electrons. The fourth-order valence-corrected chi connectivity index (χ4v) is 3.54. The van der Waals surface area contributed by atoms with Crippen molar-refractivity contribution in [2.75, 3.05) is 5.32 Å². The van der Waals surface area contributed by atoms with Crippen molar-refractivity contribution in [3.8, 4) is 0 Å². The Labute approximate surface area is 164 Å². The number of carbonyl (C=O) groups is 1. The Balaban J connectivity index is 1.87. The molecule has 0 saturated heterocycles. The Hall–Kier alpha value is -2.90. The molecule has 0 fully saturated rings. The molecule has 0 bridgehead atoms. The van der Waals surface area contributed by atoms with Crippen LogP contribution in [0.15, 0.2) is 78.0 Å². The maximum absolute atomic E-state index is 12.9. The molecule has 0 aliphatic carbocycles. The van der Waals surface area contributed by atoms with Gasteiger partial charge in [0.05, 0.1) is 9.95 Å². The van der Waals surface area contributed by atoms with Gasteiger partial charge in [-0.1, -0.05) is 59.8 Å². The molecule has 8 heteroatoms. The molecule has 3 rings (SSSR count). The number of aromatic nitrogens is 1. The van der Waals surface area contributed by atoms with Gasteiger partial charge in [-0.3, -0.25) is 14.9 Å². The Morgan fingerprint density at radius 3 is 2.52 bits per heavy atom. The van der Waals surface area contributed by atoms with Crippen LogP contribution in [0.4, 0.5) is 11.4 Å². The van der Waals surface area contributed by atoms with E-state index in [0.717, 1.165) is 5.56 Å². The summed E-state index contributed by atoms with van der Waals surface area (Å²) in [5.74, 6) is -0.312. The SMILES string of the molecule is O=C(Nc1ccc(Cl)c([N+](=O)[O-])c1)[C@H](Sc1ccccn1)c1ccccc1. The van der Waals surface area contributed by atoms with Crippen LogP contribution in [0.3, 0.4) is 0 Å². The van der Waals surface area contributed by atoms with Crippen molar-refractivity contribution in [2.45, 2.75) is 10.3 Å². The minimum Gasteiger partial charge on any atom is -0.325 e. The van der Waals surface area contributed by atoms with Crippen LogP contribution in [-0.2, 0) is 4.79 Å². The number of rotatable bonds is 6. The van der Waals surface area contributed by atoms with Gasteiger partial charge < -0.3 is 5.32 Å². The summed E-state index contributed by atoms with van der Waals surface area (Å²) in [6.45, 7) is 0. The predicted molar refractivity (Wildman–Crippen MR) is 106 cm³/mol. The van der Waals surface area contributed by atoms with Crippen molar-refractivity contribution in [2.24, 2.45) is 0 Å². The molecule has 6 nitrogen and oxygen atoms in total. The van der Waals surface area contributed by atoms with Crippen molar-refractivity contribution in [1.29, 1.82) is 0 Å². The van der Waals surface area contributed by atoms with Crippen LogP contribution in [0.2, 0.25) is 5.02 Å². The van der Waals surface area contributed by atoms with Crippen LogP contribution < -0.4 is 5.32 Å². The topological polar surface area (TPSA) is 85.1 Å². The van der Waals surface area contributed by atoms with E-state index in [1.54, 1.807) is 12.3 Å². The van der Waals surface area contributed by atoms with Gasteiger partial charge in [-0.25, -0.2) is 4.98 Å². The highest BCUT2D eigenvalue weighted by Crippen LogP contribution is 2.35. The molecule has 0 unspecified atom stereocenters. The van der Waals surface area contributed by atoms with Crippen LogP contribution in [-0.4, -0.2) is 15.8 Å². The van der Waals surface area contributed by atoms with Crippen LogP contribution in [0, 0.1) is 10.1 Å². The molecule has 3 aromatic rings. The maximum Gasteiger partial charge on any atom is 0.289 e. The quantitative estimate of drug-likeness (QED) is 0.353. The van der Waals surface area contributed by atoms with E-state index in [1.807, 2.05) is 42.5 Å². The van der Waals surface area contributed by atoms with E-state index in [4.69, 9.17) is 11.6 Å². The lowest BCUT2D eigenvalue weighted by Crippen LogP contribution is -2.19. The van der Waals surface area contributed by atoms with Gasteiger partial charge in [0.1, 0.15) is 10.3 Å². The van der Waals surface area contributed by atoms with Crippen LogP contribution in [0.1, 0.15) is 10.8 Å². The van der Waals surface area contributed by atoms with E-state index >= 15 is 0 Å². The number of anilines is 1. The summed E-state index contributed by atoms with van der Waals surface area (Å²) in [4.78, 5) is 27.6. The average molecular weight is 400 g/mol. The van der Waals surface area contributed by atoms with E-state index in [2.05, 4.69) is 10.3 Å². The molecule has 2 aromatic carbocycles. The summed E-state index contributed by atoms with van der Waals surface area (Å²) in [5.41, 5.74) is 0.843. The third-order valence-corrected chi connectivity index (χ3v) is 5.15. The molecule has 0 aliphatic rings. The van der Waals surface area contributed by atoms with Crippen molar-refractivity contribution in [1.82, 2.24) is 4.98 Å². The van der Waals surface area contributed by atoms with Crippen molar-refractivity contribution >= 4 is 40.6 Å². The first kappa shape index (κ1) is 18.9. The fourth-order valence-electron chi connectivity index (χ4n) is 2.38. The van der Waals surface area contributed by atoms with E-state index < -0.39 is 10.2 Å². The van der Waals surface area contributed by atoms with Gasteiger partial charge in [0, 0.05) is 18.0 Å². The van der Waals surface area contributed by atoms with Crippen LogP contribution in [0.25, 0.3) is 0 Å². The molecule has 1 atom stereocenters. The molecule has 1 aromatic heterocycles. The Kier molecular flexibility index (Phi) is 6.05. The normalized spacial score (nSPS) is 11.6. The number of hydrogen-bond acceptors (Lipinski definition) is 5. The van der Waals surface area contributed by atoms with E-state index in [0.29, 0.717) is 10.7 Å². The number of nitrogens with one attached hydrogen (secondary N) is 1. The second kappa shape index (κ2) is 8.66. The summed E-state index contributed by atoms with van der Waals surface area (Å²) < 4.78 is 0. The summed E-state index contributed by atoms with van der Waals surface area (Å²) in [6, 6.07) is 18.9. The molecule has 0 radical (unpaired) electrons. The number of nitro groups is 1. The number of thioether (sulfide) groups is 1. The number of nitro benzene ring substituents is 1. The zero-order valence-corrected chi connectivity index (χ0v) is 15.5. The molecule has 1 N–H and O–H groups in total. The number of amides is 1. The molecular formula is C19H14ClN3O3S. The van der Waals surface area contributed by atoms with Gasteiger partial charge in [-0.15, -0.1) is 0 Å². The van der Waals surface area contributed by atoms with Crippen LogP contribution >= 0.6 is 23.4 Å². The number of nitrogens with zero attached hydrogens (tertiary/aromatic N) is 2. The summed E-state index contributed by atoms with van der Waals surface area (Å²) in [7, 11) is 0. The first-order chi connectivity index (χ1) is 13.0. The highest BCUT2D eigenvalue weighted by atomic mass is 35.5. The monoisotopic (exact) mass is 399 g/mol. The molecule has 27 heavy (non-hydrogen) atoms. The second-order valence-electron chi connectivity index (χ2n) is 5.49. The highest BCUT2D eigenvalue weighted by Gasteiger charge is 2.23. The van der Waals surface area contributed by atoms with Gasteiger partial charge in [0.2, 0.25) is 5.91 Å². The summed E-state index contributed by atoms with van der Waals surface area (Å²) in [5, 5.41) is 13.9. The smallest absolute Gasteiger partial charge is 0.289 e. The van der Waals surface area contributed by atoms with Gasteiger partial charge in [0.15, 0.2) is 0 Å². The van der Waals surface area contributed by atoms with Gasteiger partial charge in [-0.2, -0.15) is 0 Å². The van der Waals surface area contributed by atoms with Crippen molar-refractivity contribution in [3.63, 3.8) is 0 Å². The first-order valence-electron chi connectivity index (χ1n) is 7.92. The number of hydrogen-bond donors (Lipinski definition) is 1. The lowest BCUT2D eigenvalue weighted by molar-refractivity contribution is -0.384. The molecule has 1 amide bonds. The highest BCUT2D eigenvalue weighted by molar-refractivity contribution is 8.00. The van der Waals surface area contributed by atoms with Gasteiger partial charge in [-0.05, 0) is 29.8 Å². The summed E-state index contributed by atoms with van der Waals surface area (Å²) in [6.07, 6.45) is 1.66. The second-order valence-corrected chi connectivity index (χ2v) is 7.02. The number of halogens is 1. The van der Waals surface area contributed by atoms with E-state index in [9.17, 15) is 14.9 Å². The number of benzene rings is 2. The Morgan fingerprint density at radius 2 is 1.85 bits per heavy atom. The molecule has 0 spiro atoms. The van der Waals surface area contributed by atoms with Crippen molar-refractivity contribution < 1.29 is 9.72 Å². The molecular weight excluding hydrogens is 386 g/mol. The third-order valence-electron chi connectivity index (χ3n) is 3.63. The largest absolute Gasteiger partial charge is 0.325 e. The van der Waals surface area contributed by atoms with Crippen LogP contribution in [0.5, 0.6) is 0 Å². The maximum atomic E-state index is 12.9. The Morgan fingerprint density at radius 1 is 1.11 bits per heavy atom. The van der Waals surface area contributed by atoms with Crippen molar-refractivity contribution in [3.05, 3.63) is 93.6 Å². The first-order valence-corrected chi connectivity index (χ1v) is 9.18. The number of carbonyl (C=O) groups excluding carboxylic acids is 1. The predicted octanol–water partition coefficient (Wildman–Crippen LogP) is 5.12. The fraction of sp³-hybridized carbons (Fsp3) is 0.0526. The van der Waals surface area contributed by atoms with E-state index in [-0.39, 0.29) is 16.6 Å². The molecule has 0 aliphatic heterocycles. The zero-order chi connectivity index (χ0) is 19.2. The molecule has 0 saturated carbocycles. The number of pyridine rings is 1. The standard InChI is InChI=1S/C19H14ClN3O3S/c20-15-10-9-14(12-16(15)23(25)26)22-19(24)18(13-6-2-1-3-7-13)27-17-8-4-5-11-21-17/h1-12,18H,(H,22,24)/t18-/m1/s1. The third kappa shape index (κ3) is 4.84. The lowest BCUT2D eigenvalue weighted by Gasteiger charge is -2.16.